The second-order valence-electron chi connectivity index (χ2n) is 11.4. The highest BCUT2D eigenvalue weighted by atomic mass is 32.7. The Morgan fingerprint density at radius 2 is 1.92 bits per heavy atom. The van der Waals surface area contributed by atoms with Gasteiger partial charge in [0.25, 0.3) is 5.56 Å². The summed E-state index contributed by atoms with van der Waals surface area (Å²) in [6.07, 6.45) is -4.82. The molecule has 0 radical (unpaired) electrons. The second kappa shape index (κ2) is 12.5. The average Bonchev–Trinajstić information content (AvgIpc) is 3.80. The van der Waals surface area contributed by atoms with Crippen molar-refractivity contribution in [2.45, 2.75) is 63.3 Å². The molecule has 3 N–H and O–H groups in total. The molecule has 0 aliphatic carbocycles. The monoisotopic (exact) mass is 730 g/mol. The van der Waals surface area contributed by atoms with Gasteiger partial charge in [-0.1, -0.05) is 26.1 Å². The number of hydrogen-bond acceptors (Lipinski definition) is 15. The molecule has 7 heterocycles. The van der Waals surface area contributed by atoms with Gasteiger partial charge in [-0.2, -0.15) is 18.1 Å². The van der Waals surface area contributed by atoms with Crippen LogP contribution in [-0.4, -0.2) is 97.1 Å². The number of thiol groups is 1. The first-order chi connectivity index (χ1) is 22.8. The maximum atomic E-state index is 16.0. The first-order valence-electron chi connectivity index (χ1n) is 14.5. The molecule has 3 aliphatic rings. The molecule has 0 saturated carbocycles. The lowest BCUT2D eigenvalue weighted by Crippen LogP contribution is -2.41. The lowest BCUT2D eigenvalue weighted by atomic mass is 10.1. The summed E-state index contributed by atoms with van der Waals surface area (Å²) in [7, 11) is -4.60. The third-order valence-corrected chi connectivity index (χ3v) is 10.4. The molecular formula is C24H28FN10O10PS2. The van der Waals surface area contributed by atoms with Crippen molar-refractivity contribution in [3.8, 4) is 0 Å². The number of ether oxygens (including phenoxy) is 2. The van der Waals surface area contributed by atoms with E-state index in [4.69, 9.17) is 22.7 Å². The van der Waals surface area contributed by atoms with Crippen LogP contribution in [0.4, 0.5) is 10.3 Å². The summed E-state index contributed by atoms with van der Waals surface area (Å²) in [5.41, 5.74) is -0.268. The van der Waals surface area contributed by atoms with E-state index in [1.54, 1.807) is 13.8 Å². The molecule has 1 amide bonds. The Hall–Kier alpha value is -3.41. The van der Waals surface area contributed by atoms with Crippen molar-refractivity contribution in [2.75, 3.05) is 18.5 Å². The molecular weight excluding hydrogens is 702 g/mol. The van der Waals surface area contributed by atoms with Crippen molar-refractivity contribution in [3.05, 3.63) is 35.5 Å². The van der Waals surface area contributed by atoms with Crippen LogP contribution in [-0.2, 0) is 42.4 Å². The van der Waals surface area contributed by atoms with Crippen molar-refractivity contribution in [1.82, 2.24) is 43.8 Å². The predicted molar refractivity (Wildman–Crippen MR) is 163 cm³/mol. The molecule has 20 nitrogen and oxygen atoms in total. The Bertz CT molecular complexity index is 2100. The molecule has 0 aromatic carbocycles. The second-order valence-corrected chi connectivity index (χ2v) is 15.7. The van der Waals surface area contributed by atoms with Gasteiger partial charge in [-0.3, -0.25) is 38.1 Å². The number of carbonyl (C=O) groups excluding carboxylic acids is 1. The van der Waals surface area contributed by atoms with Crippen molar-refractivity contribution < 1.29 is 44.9 Å². The zero-order chi connectivity index (χ0) is 34.0. The first kappa shape index (κ1) is 33.1. The maximum Gasteiger partial charge on any atom is 0.386 e. The third-order valence-electron chi connectivity index (χ3n) is 7.79. The highest BCUT2D eigenvalue weighted by molar-refractivity contribution is 8.44. The summed E-state index contributed by atoms with van der Waals surface area (Å²) < 4.78 is 89.1. The van der Waals surface area contributed by atoms with E-state index in [0.29, 0.717) is 5.52 Å². The number of alkyl halides is 1. The maximum absolute atomic E-state index is 16.0. The lowest BCUT2D eigenvalue weighted by Gasteiger charge is -2.25. The van der Waals surface area contributed by atoms with Crippen LogP contribution in [0.5, 0.6) is 0 Å². The molecule has 3 saturated heterocycles. The molecule has 258 valence electrons. The minimum Gasteiger partial charge on any atom is -0.349 e. The molecule has 4 aromatic rings. The number of H-pyrrole nitrogens is 1. The molecule has 3 fully saturated rings. The number of halogens is 1. The molecule has 24 heteroatoms. The number of anilines is 1. The van der Waals surface area contributed by atoms with Gasteiger partial charge in [-0.05, 0) is 0 Å². The third kappa shape index (κ3) is 6.36. The summed E-state index contributed by atoms with van der Waals surface area (Å²) in [4.78, 5) is 47.9. The van der Waals surface area contributed by atoms with Crippen LogP contribution in [0, 0.1) is 5.92 Å². The van der Waals surface area contributed by atoms with Crippen LogP contribution < -0.4 is 15.6 Å². The largest absolute Gasteiger partial charge is 0.386 e. The van der Waals surface area contributed by atoms with Gasteiger partial charge >= 0.3 is 17.1 Å². The summed E-state index contributed by atoms with van der Waals surface area (Å²) in [5.74, 6) is -1.00. The molecule has 0 unspecified atom stereocenters. The molecule has 8 atom stereocenters. The minimum atomic E-state index is -4.60. The van der Waals surface area contributed by atoms with Gasteiger partial charge in [0.2, 0.25) is 11.9 Å². The number of fused-ring (bicyclic) bond motifs is 5. The number of aromatic nitrogens is 8. The zero-order valence-electron chi connectivity index (χ0n) is 24.9. The molecule has 7 rings (SSSR count). The fraction of sp³-hybridized carbons (Fsp3) is 0.542. The van der Waals surface area contributed by atoms with E-state index < -0.39 is 90.7 Å². The molecule has 0 spiro atoms. The fourth-order valence-electron chi connectivity index (χ4n) is 5.51. The zero-order valence-corrected chi connectivity index (χ0v) is 27.5. The van der Waals surface area contributed by atoms with E-state index in [2.05, 4.69) is 52.2 Å². The van der Waals surface area contributed by atoms with Crippen LogP contribution in [0.25, 0.3) is 22.3 Å². The minimum absolute atomic E-state index is 0.0489. The van der Waals surface area contributed by atoms with E-state index in [-0.39, 0.29) is 29.2 Å². The summed E-state index contributed by atoms with van der Waals surface area (Å²) in [6, 6.07) is 0. The Kier molecular flexibility index (Phi) is 8.61. The number of rotatable bonds is 4. The number of nitrogens with one attached hydrogen (secondary N) is 3. The van der Waals surface area contributed by atoms with Crippen LogP contribution in [0.1, 0.15) is 32.7 Å². The van der Waals surface area contributed by atoms with E-state index >= 15 is 4.39 Å². The predicted octanol–water partition coefficient (Wildman–Crippen LogP) is 0.750. The number of aromatic amines is 1. The first-order valence-corrected chi connectivity index (χ1v) is 18.6. The number of imidazole rings is 2. The Morgan fingerprint density at radius 1 is 1.15 bits per heavy atom. The van der Waals surface area contributed by atoms with Gasteiger partial charge in [-0.25, -0.2) is 33.1 Å². The number of carbonyl (C=O) groups is 1. The fourth-order valence-corrected chi connectivity index (χ4v) is 7.95. The Balaban J connectivity index is 1.17. The van der Waals surface area contributed by atoms with Crippen LogP contribution in [0.3, 0.4) is 0 Å². The van der Waals surface area contributed by atoms with Gasteiger partial charge in [0, 0.05) is 18.9 Å². The topological polar surface area (TPSA) is 246 Å². The van der Waals surface area contributed by atoms with Crippen molar-refractivity contribution in [2.24, 2.45) is 5.92 Å². The molecule has 3 aliphatic heterocycles. The highest BCUT2D eigenvalue weighted by Crippen LogP contribution is 2.57. The van der Waals surface area contributed by atoms with Gasteiger partial charge < -0.3 is 9.47 Å². The molecule has 2 bridgehead atoms. The van der Waals surface area contributed by atoms with Gasteiger partial charge in [-0.15, -0.1) is 0 Å². The highest BCUT2D eigenvalue weighted by Gasteiger charge is 2.51. The van der Waals surface area contributed by atoms with Gasteiger partial charge in [0.15, 0.2) is 35.4 Å². The van der Waals surface area contributed by atoms with E-state index in [1.807, 2.05) is 0 Å². The summed E-state index contributed by atoms with van der Waals surface area (Å²) in [5, 5.41) is 2.50. The van der Waals surface area contributed by atoms with E-state index in [1.165, 1.54) is 34.3 Å². The van der Waals surface area contributed by atoms with Crippen LogP contribution in [0.2, 0.25) is 0 Å². The van der Waals surface area contributed by atoms with Crippen molar-refractivity contribution in [1.29, 1.82) is 0 Å². The summed E-state index contributed by atoms with van der Waals surface area (Å²) >= 11 is 4.04. The van der Waals surface area contributed by atoms with E-state index in [9.17, 15) is 22.6 Å². The Morgan fingerprint density at radius 3 is 2.71 bits per heavy atom. The Labute approximate surface area is 275 Å². The lowest BCUT2D eigenvalue weighted by molar-refractivity contribution is -0.118. The smallest absolute Gasteiger partial charge is 0.349 e. The van der Waals surface area contributed by atoms with Crippen LogP contribution in [0.15, 0.2) is 30.0 Å². The molecule has 48 heavy (non-hydrogen) atoms. The quantitative estimate of drug-likeness (QED) is 0.167. The van der Waals surface area contributed by atoms with E-state index in [0.717, 1.165) is 0 Å². The van der Waals surface area contributed by atoms with Crippen molar-refractivity contribution >= 4 is 63.5 Å². The number of amides is 1. The normalized spacial score (nSPS) is 32.5. The number of hydrogen-bond donors (Lipinski definition) is 4. The molecule has 4 aromatic heterocycles. The van der Waals surface area contributed by atoms with Crippen molar-refractivity contribution in [3.63, 3.8) is 0 Å². The standard InChI is InChI=1S/C24H28FN10O10PS2/c1-10(2)20(36)32-24-31-19-16(21(37)33-24)29-9-35(19)22-13-3-11(42-22)6-41-46(38,47)44-17-14(5-30-48(39,40)45-13)43-23(15(17)25)34-8-28-12-4-26-7-27-18(12)34/h4,7-11,13-15,17,22-23,30H,3,5-6H2,1-2H3,(H,38,47)(H2,31,32,33,36,37)/t11-,13+,14+,15+,17+,22+,23+,46-/m0/s1. The summed E-state index contributed by atoms with van der Waals surface area (Å²) in [6.45, 7) is -2.04. The number of nitrogens with zero attached hydrogens (tertiary/aromatic N) is 7. The van der Waals surface area contributed by atoms with Gasteiger partial charge in [0.05, 0.1) is 31.6 Å². The SMILES string of the molecule is CC(C)C(=O)Nc1nc2c(ncn2[C@@H]2O[C@@H]3CO[P@](=O)(S)O[C@H]4[C@@H](F)[C@H](n5cnc6cncnc65)O[C@@H]4CNS(=O)(=O)O[C@@H]2C3)c(=O)[nH]1. The van der Waals surface area contributed by atoms with Gasteiger partial charge in [0.1, 0.15) is 30.2 Å². The van der Waals surface area contributed by atoms with Crippen LogP contribution >= 0.6 is 19.0 Å². The average molecular weight is 731 g/mol.